The summed E-state index contributed by atoms with van der Waals surface area (Å²) in [6.45, 7) is 6.08. The number of nitriles is 1. The van der Waals surface area contributed by atoms with Gasteiger partial charge in [0.15, 0.2) is 0 Å². The van der Waals surface area contributed by atoms with E-state index in [1.54, 1.807) is 42.5 Å². The van der Waals surface area contributed by atoms with Gasteiger partial charge in [-0.1, -0.05) is 54.9 Å². The lowest BCUT2D eigenvalue weighted by atomic mass is 9.95. The van der Waals surface area contributed by atoms with Crippen LogP contribution in [0.1, 0.15) is 30.0 Å². The first-order valence-corrected chi connectivity index (χ1v) is 9.57. The van der Waals surface area contributed by atoms with Crippen LogP contribution < -0.4 is 11.2 Å². The summed E-state index contributed by atoms with van der Waals surface area (Å²) < 4.78 is 0. The minimum atomic E-state index is -0.399. The van der Waals surface area contributed by atoms with Crippen molar-refractivity contribution in [3.05, 3.63) is 93.2 Å². The second-order valence-corrected chi connectivity index (χ2v) is 7.23. The highest BCUT2D eigenvalue weighted by molar-refractivity contribution is 6.36. The Kier molecular flexibility index (Phi) is 6.09. The van der Waals surface area contributed by atoms with E-state index >= 15 is 0 Å². The van der Waals surface area contributed by atoms with Gasteiger partial charge in [0.25, 0.3) is 5.91 Å². The van der Waals surface area contributed by atoms with Crippen molar-refractivity contribution in [3.8, 4) is 6.07 Å². The van der Waals surface area contributed by atoms with Crippen LogP contribution in [0.3, 0.4) is 0 Å². The van der Waals surface area contributed by atoms with Gasteiger partial charge in [0.2, 0.25) is 0 Å². The average molecular weight is 425 g/mol. The second-order valence-electron chi connectivity index (χ2n) is 6.39. The molecule has 1 heterocycles. The highest BCUT2D eigenvalue weighted by Gasteiger charge is 2.27. The van der Waals surface area contributed by atoms with Crippen LogP contribution in [-0.2, 0) is 4.79 Å². The first-order valence-electron chi connectivity index (χ1n) is 8.81. The molecule has 3 rings (SSSR count). The maximum Gasteiger partial charge on any atom is 0.268 e. The number of nitrogens with two attached hydrogens (primary N) is 1. The standard InChI is InChI=1S/C22H18Cl2N4O/c1-3-13(2)21(17-9-8-16(23)10-18(17)24)22-27-19(11-20(29)28(22)26)15-6-4-14(12-25)5-7-15/h4-11,27H,2-3,26H2,1H3/b22-21+. The van der Waals surface area contributed by atoms with Crippen molar-refractivity contribution in [2.75, 3.05) is 0 Å². The molecule has 2 aromatic carbocycles. The summed E-state index contributed by atoms with van der Waals surface area (Å²) in [4.78, 5) is 12.6. The molecule has 29 heavy (non-hydrogen) atoms. The summed E-state index contributed by atoms with van der Waals surface area (Å²) in [6, 6.07) is 14.1. The number of nitrogens with one attached hydrogen (secondary N) is 1. The number of nitrogens with zero attached hydrogens (tertiary/aromatic N) is 2. The molecule has 5 nitrogen and oxygen atoms in total. The van der Waals surface area contributed by atoms with E-state index in [1.807, 2.05) is 6.92 Å². The number of amides is 1. The monoisotopic (exact) mass is 424 g/mol. The van der Waals surface area contributed by atoms with E-state index in [1.165, 1.54) is 6.08 Å². The van der Waals surface area contributed by atoms with Crippen LogP contribution >= 0.6 is 23.2 Å². The van der Waals surface area contributed by atoms with E-state index in [4.69, 9.17) is 34.3 Å². The lowest BCUT2D eigenvalue weighted by molar-refractivity contribution is -0.124. The molecule has 0 atom stereocenters. The molecule has 1 aliphatic rings. The fourth-order valence-corrected chi connectivity index (χ4v) is 3.45. The van der Waals surface area contributed by atoms with E-state index in [0.717, 1.165) is 16.1 Å². The number of benzene rings is 2. The van der Waals surface area contributed by atoms with Crippen molar-refractivity contribution >= 4 is 40.4 Å². The Bertz CT molecular complexity index is 1090. The van der Waals surface area contributed by atoms with Crippen LogP contribution in [0, 0.1) is 11.3 Å². The fourth-order valence-electron chi connectivity index (χ4n) is 2.94. The van der Waals surface area contributed by atoms with E-state index < -0.39 is 5.91 Å². The number of carbonyl (C=O) groups is 1. The summed E-state index contributed by atoms with van der Waals surface area (Å²) in [5.41, 5.74) is 3.87. The number of carbonyl (C=O) groups excluding carboxylic acids is 1. The molecule has 2 aromatic rings. The van der Waals surface area contributed by atoms with Crippen LogP contribution in [0.25, 0.3) is 11.3 Å². The molecular weight excluding hydrogens is 407 g/mol. The molecule has 1 aliphatic heterocycles. The van der Waals surface area contributed by atoms with Gasteiger partial charge in [-0.05, 0) is 41.8 Å². The van der Waals surface area contributed by atoms with Gasteiger partial charge in [-0.2, -0.15) is 5.26 Å². The molecule has 0 saturated carbocycles. The Morgan fingerprint density at radius 1 is 1.24 bits per heavy atom. The van der Waals surface area contributed by atoms with E-state index in [9.17, 15) is 4.79 Å². The first kappa shape index (κ1) is 20.7. The number of hydrogen-bond donors (Lipinski definition) is 2. The summed E-state index contributed by atoms with van der Waals surface area (Å²) >= 11 is 12.5. The van der Waals surface area contributed by atoms with E-state index in [2.05, 4.69) is 18.0 Å². The molecule has 146 valence electrons. The lowest BCUT2D eigenvalue weighted by Crippen LogP contribution is -2.45. The fraction of sp³-hybridized carbons (Fsp3) is 0.0909. The average Bonchev–Trinajstić information content (AvgIpc) is 2.72. The lowest BCUT2D eigenvalue weighted by Gasteiger charge is -2.30. The number of hydrogen-bond acceptors (Lipinski definition) is 4. The Labute approximate surface area is 179 Å². The SMILES string of the molecule is C=C(CC)/C(=C1/NC(c2ccc(C#N)cc2)=CC(=O)N1N)c1ccc(Cl)cc1Cl. The Morgan fingerprint density at radius 2 is 1.93 bits per heavy atom. The third kappa shape index (κ3) is 4.20. The second kappa shape index (κ2) is 8.54. The zero-order valence-electron chi connectivity index (χ0n) is 15.7. The smallest absolute Gasteiger partial charge is 0.268 e. The van der Waals surface area contributed by atoms with Crippen LogP contribution in [0.5, 0.6) is 0 Å². The molecule has 0 radical (unpaired) electrons. The van der Waals surface area contributed by atoms with Crippen LogP contribution in [0.4, 0.5) is 0 Å². The van der Waals surface area contributed by atoms with Gasteiger partial charge in [0, 0.05) is 22.2 Å². The predicted octanol–water partition coefficient (Wildman–Crippen LogP) is 4.85. The van der Waals surface area contributed by atoms with E-state index in [0.29, 0.717) is 44.7 Å². The van der Waals surface area contributed by atoms with E-state index in [-0.39, 0.29) is 0 Å². The normalized spacial score (nSPS) is 15.3. The molecule has 0 aromatic heterocycles. The van der Waals surface area contributed by atoms with Gasteiger partial charge in [-0.3, -0.25) is 4.79 Å². The Hall–Kier alpha value is -3.04. The van der Waals surface area contributed by atoms with Gasteiger partial charge in [0.1, 0.15) is 5.82 Å². The third-order valence-electron chi connectivity index (χ3n) is 4.54. The van der Waals surface area contributed by atoms with Crippen molar-refractivity contribution in [2.45, 2.75) is 13.3 Å². The molecule has 3 N–H and O–H groups in total. The number of allylic oxidation sites excluding steroid dienone is 2. The van der Waals surface area contributed by atoms with Crippen molar-refractivity contribution in [1.82, 2.24) is 10.3 Å². The molecule has 0 unspecified atom stereocenters. The van der Waals surface area contributed by atoms with Crippen LogP contribution in [0.15, 0.2) is 66.5 Å². The first-order chi connectivity index (χ1) is 13.8. The highest BCUT2D eigenvalue weighted by atomic mass is 35.5. The molecule has 1 amide bonds. The van der Waals surface area contributed by atoms with Crippen molar-refractivity contribution in [2.24, 2.45) is 5.84 Å². The maximum atomic E-state index is 12.6. The molecule has 0 aliphatic carbocycles. The van der Waals surface area contributed by atoms with Gasteiger partial charge in [-0.25, -0.2) is 10.9 Å². The molecule has 0 bridgehead atoms. The van der Waals surface area contributed by atoms with Crippen LogP contribution in [0.2, 0.25) is 10.0 Å². The Balaban J connectivity index is 2.16. The maximum absolute atomic E-state index is 12.6. The molecular formula is C22H18Cl2N4O. The van der Waals surface area contributed by atoms with Gasteiger partial charge in [0.05, 0.1) is 22.4 Å². The number of rotatable bonds is 4. The molecule has 0 fully saturated rings. The van der Waals surface area contributed by atoms with Gasteiger partial charge in [-0.15, -0.1) is 0 Å². The third-order valence-corrected chi connectivity index (χ3v) is 5.09. The predicted molar refractivity (Wildman–Crippen MR) is 116 cm³/mol. The van der Waals surface area contributed by atoms with Gasteiger partial charge >= 0.3 is 0 Å². The highest BCUT2D eigenvalue weighted by Crippen LogP contribution is 2.35. The minimum Gasteiger partial charge on any atom is -0.339 e. The topological polar surface area (TPSA) is 82.2 Å². The summed E-state index contributed by atoms with van der Waals surface area (Å²) in [6.07, 6.45) is 2.03. The summed E-state index contributed by atoms with van der Waals surface area (Å²) in [5, 5.41) is 14.2. The molecule has 0 saturated heterocycles. The van der Waals surface area contributed by atoms with Crippen molar-refractivity contribution in [3.63, 3.8) is 0 Å². The number of halogens is 2. The molecule has 0 spiro atoms. The Morgan fingerprint density at radius 3 is 2.52 bits per heavy atom. The zero-order valence-corrected chi connectivity index (χ0v) is 17.2. The number of hydrazine groups is 1. The minimum absolute atomic E-state index is 0.368. The zero-order chi connectivity index (χ0) is 21.1. The van der Waals surface area contributed by atoms with Crippen molar-refractivity contribution in [1.29, 1.82) is 5.26 Å². The quantitative estimate of drug-likeness (QED) is 0.542. The van der Waals surface area contributed by atoms with Gasteiger partial charge < -0.3 is 5.32 Å². The van der Waals surface area contributed by atoms with Crippen LogP contribution in [-0.4, -0.2) is 10.9 Å². The van der Waals surface area contributed by atoms with Crippen molar-refractivity contribution < 1.29 is 4.79 Å². The summed E-state index contributed by atoms with van der Waals surface area (Å²) in [7, 11) is 0. The summed E-state index contributed by atoms with van der Waals surface area (Å²) in [5.74, 6) is 6.05. The molecule has 7 heteroatoms. The largest absolute Gasteiger partial charge is 0.339 e.